The molecule has 3 aliphatic carbocycles. The van der Waals surface area contributed by atoms with Gasteiger partial charge in [-0.2, -0.15) is 0 Å². The van der Waals surface area contributed by atoms with Gasteiger partial charge >= 0.3 is 5.97 Å². The number of aryl methyl sites for hydroxylation is 2. The van der Waals surface area contributed by atoms with Gasteiger partial charge in [0.1, 0.15) is 17.5 Å². The number of Topliss-reactive ketones (excluding diaryl/α,β-unsaturated/α-hetero) is 1. The number of hydrogen-bond donors (Lipinski definition) is 1. The van der Waals surface area contributed by atoms with Crippen LogP contribution in [0.3, 0.4) is 0 Å². The fourth-order valence-electron chi connectivity index (χ4n) is 9.60. The predicted molar refractivity (Wildman–Crippen MR) is 208 cm³/mol. The number of ketones is 1. The minimum atomic E-state index is -3.97. The van der Waals surface area contributed by atoms with Crippen LogP contribution in [0.25, 0.3) is 10.9 Å². The summed E-state index contributed by atoms with van der Waals surface area (Å²) in [5, 5.41) is 0.427. The number of carbonyl (C=O) groups is 4. The smallest absolute Gasteiger partial charge is 0.306 e. The molecule has 1 saturated heterocycles. The van der Waals surface area contributed by atoms with E-state index in [0.29, 0.717) is 72.9 Å². The number of hydrogen-bond acceptors (Lipinski definition) is 9. The molecule has 1 aromatic carbocycles. The summed E-state index contributed by atoms with van der Waals surface area (Å²) in [6.45, 7) is 3.35. The number of nitrogens with one attached hydrogen (secondary N) is 1. The Morgan fingerprint density at radius 2 is 1.74 bits per heavy atom. The Hall–Kier alpha value is -3.94. The molecule has 11 nitrogen and oxygen atoms in total. The Morgan fingerprint density at radius 3 is 2.47 bits per heavy atom. The van der Waals surface area contributed by atoms with Crippen LogP contribution in [0.15, 0.2) is 24.3 Å². The summed E-state index contributed by atoms with van der Waals surface area (Å²) in [5.41, 5.74) is -0.920. The average Bonchev–Trinajstić information content (AvgIpc) is 3.94. The Labute approximate surface area is 333 Å². The third-order valence-corrected chi connectivity index (χ3v) is 15.7. The number of benzene rings is 1. The van der Waals surface area contributed by atoms with Crippen molar-refractivity contribution in [1.29, 1.82) is 0 Å². The average molecular weight is 812 g/mol. The van der Waals surface area contributed by atoms with Gasteiger partial charge in [-0.25, -0.2) is 22.2 Å². The number of allylic oxidation sites excluding steroid dienone is 2. The summed E-state index contributed by atoms with van der Waals surface area (Å²) in [6.07, 6.45) is 12.4. The zero-order valence-corrected chi connectivity index (χ0v) is 33.0. The van der Waals surface area contributed by atoms with Gasteiger partial charge in [-0.1, -0.05) is 32.4 Å². The lowest BCUT2D eigenvalue weighted by atomic mass is 9.85. The standard InChI is InChI=1S/C42H51F2N3O8S.CH4/c1-25-37-29(30-19-31(43)32(44)20-33(30)45-25)14-15-41(55-37)22-34-35(48)23-42(39(51)46-56(52,53)40(2)16-17-40)21-27(42)11-7-5-3-4-6-10-26(38(50)47(34)24-41)18-36(49)54-28-12-8-9-13-28;/h7,11,19-20,26-28,34H,3-6,8-10,12-18,21-24H2,1-2H3,(H,46,51);1H4/b11-7-;/t26-,27-,34+,41-,42-;/m1./s1. The van der Waals surface area contributed by atoms with Crippen LogP contribution in [-0.2, 0) is 40.4 Å². The molecule has 4 fully saturated rings. The van der Waals surface area contributed by atoms with E-state index in [9.17, 15) is 36.4 Å². The van der Waals surface area contributed by atoms with Crippen molar-refractivity contribution in [2.75, 3.05) is 6.54 Å². The fourth-order valence-corrected chi connectivity index (χ4v) is 10.9. The first-order valence-corrected chi connectivity index (χ1v) is 21.8. The van der Waals surface area contributed by atoms with Gasteiger partial charge < -0.3 is 14.4 Å². The molecule has 3 aliphatic heterocycles. The number of carbonyl (C=O) groups excluding carboxylic acids is 4. The Bertz CT molecular complexity index is 2120. The maximum atomic E-state index is 14.8. The van der Waals surface area contributed by atoms with Crippen LogP contribution in [0.1, 0.15) is 128 Å². The number of sulfonamides is 1. The lowest BCUT2D eigenvalue weighted by molar-refractivity contribution is -0.154. The zero-order valence-electron chi connectivity index (χ0n) is 32.2. The second-order valence-corrected chi connectivity index (χ2v) is 19.8. The molecule has 4 heterocycles. The number of rotatable bonds is 6. The van der Waals surface area contributed by atoms with Crippen molar-refractivity contribution < 1.29 is 45.9 Å². The van der Waals surface area contributed by atoms with E-state index in [1.165, 1.54) is 4.90 Å². The molecule has 2 aromatic rings. The van der Waals surface area contributed by atoms with Gasteiger partial charge in [-0.15, -0.1) is 0 Å². The van der Waals surface area contributed by atoms with Gasteiger partial charge in [0, 0.05) is 35.8 Å². The maximum absolute atomic E-state index is 14.8. The van der Waals surface area contributed by atoms with Gasteiger partial charge in [0.15, 0.2) is 17.4 Å². The van der Waals surface area contributed by atoms with Crippen molar-refractivity contribution in [3.63, 3.8) is 0 Å². The molecule has 310 valence electrons. The largest absolute Gasteiger partial charge is 0.483 e. The minimum Gasteiger partial charge on any atom is -0.483 e. The molecular formula is C43H55F2N3O8S. The Balaban J connectivity index is 0.00000496. The summed E-state index contributed by atoms with van der Waals surface area (Å²) in [4.78, 5) is 62.9. The van der Waals surface area contributed by atoms with E-state index >= 15 is 0 Å². The molecule has 57 heavy (non-hydrogen) atoms. The van der Waals surface area contributed by atoms with Crippen molar-refractivity contribution in [2.45, 2.75) is 153 Å². The highest BCUT2D eigenvalue weighted by Crippen LogP contribution is 2.58. The van der Waals surface area contributed by atoms with Crippen LogP contribution in [0.2, 0.25) is 0 Å². The second-order valence-electron chi connectivity index (χ2n) is 17.6. The van der Waals surface area contributed by atoms with E-state index in [1.54, 1.807) is 13.8 Å². The lowest BCUT2D eigenvalue weighted by Crippen LogP contribution is -2.48. The van der Waals surface area contributed by atoms with E-state index in [1.807, 2.05) is 12.2 Å². The number of halogens is 2. The minimum absolute atomic E-state index is 0. The first kappa shape index (κ1) is 41.2. The Morgan fingerprint density at radius 1 is 1.02 bits per heavy atom. The number of fused-ring (bicyclic) bond motifs is 5. The topological polar surface area (TPSA) is 149 Å². The van der Waals surface area contributed by atoms with Gasteiger partial charge in [-0.05, 0) is 103 Å². The van der Waals surface area contributed by atoms with Crippen LogP contribution < -0.4 is 9.46 Å². The second kappa shape index (κ2) is 15.3. The highest BCUT2D eigenvalue weighted by molar-refractivity contribution is 7.91. The molecule has 1 N–H and O–H groups in total. The monoisotopic (exact) mass is 811 g/mol. The molecule has 0 radical (unpaired) electrons. The lowest BCUT2D eigenvalue weighted by Gasteiger charge is -2.36. The highest BCUT2D eigenvalue weighted by Gasteiger charge is 2.63. The molecular weight excluding hydrogens is 757 g/mol. The molecule has 0 unspecified atom stereocenters. The molecule has 1 spiro atoms. The van der Waals surface area contributed by atoms with Crippen LogP contribution in [-0.4, -0.2) is 70.9 Å². The molecule has 1 aromatic heterocycles. The van der Waals surface area contributed by atoms with Gasteiger partial charge in [-0.3, -0.25) is 23.9 Å². The van der Waals surface area contributed by atoms with E-state index in [-0.39, 0.29) is 56.9 Å². The van der Waals surface area contributed by atoms with Crippen molar-refractivity contribution >= 4 is 44.5 Å². The molecule has 3 saturated carbocycles. The third-order valence-electron chi connectivity index (χ3n) is 13.5. The third kappa shape index (κ3) is 7.83. The quantitative estimate of drug-likeness (QED) is 0.238. The van der Waals surface area contributed by atoms with Crippen molar-refractivity contribution in [3.8, 4) is 5.75 Å². The van der Waals surface area contributed by atoms with Crippen molar-refractivity contribution in [2.24, 2.45) is 17.3 Å². The first-order chi connectivity index (χ1) is 26.6. The summed E-state index contributed by atoms with van der Waals surface area (Å²) in [6, 6.07) is 1.16. The van der Waals surface area contributed by atoms with Crippen molar-refractivity contribution in [1.82, 2.24) is 14.6 Å². The molecule has 5 atom stereocenters. The number of pyridine rings is 1. The zero-order chi connectivity index (χ0) is 39.6. The highest BCUT2D eigenvalue weighted by atomic mass is 32.2. The van der Waals surface area contributed by atoms with E-state index in [2.05, 4.69) is 9.71 Å². The van der Waals surface area contributed by atoms with E-state index in [0.717, 1.165) is 57.1 Å². The van der Waals surface area contributed by atoms with Crippen molar-refractivity contribution in [3.05, 3.63) is 47.2 Å². The van der Waals surface area contributed by atoms with Crippen LogP contribution in [0, 0.1) is 35.8 Å². The molecule has 6 aliphatic rings. The molecule has 0 bridgehead atoms. The first-order valence-electron chi connectivity index (χ1n) is 20.4. The van der Waals surface area contributed by atoms with E-state index < -0.39 is 61.3 Å². The fraction of sp³-hybridized carbons (Fsp3) is 0.651. The van der Waals surface area contributed by atoms with Gasteiger partial charge in [0.05, 0.1) is 40.4 Å². The number of amides is 2. The summed E-state index contributed by atoms with van der Waals surface area (Å²) >= 11 is 0. The molecule has 14 heteroatoms. The number of ether oxygens (including phenoxy) is 2. The van der Waals surface area contributed by atoms with E-state index in [4.69, 9.17) is 9.47 Å². The van der Waals surface area contributed by atoms with Gasteiger partial charge in [0.2, 0.25) is 21.8 Å². The normalized spacial score (nSPS) is 30.5. The van der Waals surface area contributed by atoms with Crippen LogP contribution >= 0.6 is 0 Å². The number of nitrogens with zero attached hydrogens (tertiary/aromatic N) is 2. The predicted octanol–water partition coefficient (Wildman–Crippen LogP) is 7.10. The maximum Gasteiger partial charge on any atom is 0.306 e. The molecule has 8 rings (SSSR count). The SMILES string of the molecule is C.Cc1nc2cc(F)c(F)cc2c2c1O[C@]1(CC2)C[C@H]2C(=O)C[C@]3(C(=O)NS(=O)(=O)C4(C)CC4)C[C@H]3/C=C\CCCCC[C@H](CC(=O)OC3CCCC3)C(=O)N2C1. The van der Waals surface area contributed by atoms with Crippen LogP contribution in [0.5, 0.6) is 5.75 Å². The number of aromatic nitrogens is 1. The van der Waals surface area contributed by atoms with Crippen LogP contribution in [0.4, 0.5) is 8.78 Å². The summed E-state index contributed by atoms with van der Waals surface area (Å²) in [7, 11) is -3.97. The summed E-state index contributed by atoms with van der Waals surface area (Å²) < 4.78 is 69.0. The molecule has 2 amide bonds. The van der Waals surface area contributed by atoms with Gasteiger partial charge in [0.25, 0.3) is 0 Å². The summed E-state index contributed by atoms with van der Waals surface area (Å²) in [5.74, 6) is -4.56. The number of esters is 1. The Kier molecular flexibility index (Phi) is 11.1.